The Morgan fingerprint density at radius 1 is 1.50 bits per heavy atom. The van der Waals surface area contributed by atoms with Gasteiger partial charge in [0.1, 0.15) is 5.69 Å². The quantitative estimate of drug-likeness (QED) is 0.634. The van der Waals surface area contributed by atoms with E-state index >= 15 is 0 Å². The second-order valence-corrected chi connectivity index (χ2v) is 4.66. The summed E-state index contributed by atoms with van der Waals surface area (Å²) in [6.07, 6.45) is 3.14. The largest absolute Gasteiger partial charge is 0.491 e. The molecule has 6 nitrogen and oxygen atoms in total. The average Bonchev–Trinajstić information content (AvgIpc) is 3.01. The standard InChI is InChI=1S/C15H16ClN3O3/c1-3-22-13-8-10(7-11(16)14(13)21-2)9-18-19-15(20)12-5-4-6-17-12/h4-9,17H,3H2,1-2H3,(H,19,20)/b18-9-. The molecule has 1 aromatic heterocycles. The number of H-pyrrole nitrogens is 1. The van der Waals surface area contributed by atoms with Gasteiger partial charge in [-0.3, -0.25) is 4.79 Å². The van der Waals surface area contributed by atoms with Gasteiger partial charge >= 0.3 is 0 Å². The average molecular weight is 322 g/mol. The Balaban J connectivity index is 2.12. The Morgan fingerprint density at radius 3 is 2.95 bits per heavy atom. The van der Waals surface area contributed by atoms with Crippen molar-refractivity contribution in [3.8, 4) is 11.5 Å². The number of halogens is 1. The molecule has 22 heavy (non-hydrogen) atoms. The predicted octanol–water partition coefficient (Wildman–Crippen LogP) is 2.84. The van der Waals surface area contributed by atoms with E-state index in [1.54, 1.807) is 30.5 Å². The summed E-state index contributed by atoms with van der Waals surface area (Å²) in [5.74, 6) is 0.664. The number of hydrazone groups is 1. The molecule has 1 amide bonds. The van der Waals surface area contributed by atoms with Gasteiger partial charge in [-0.25, -0.2) is 5.43 Å². The van der Waals surface area contributed by atoms with Crippen LogP contribution in [0.4, 0.5) is 0 Å². The Labute approximate surface area is 133 Å². The molecular formula is C15H16ClN3O3. The monoisotopic (exact) mass is 321 g/mol. The smallest absolute Gasteiger partial charge is 0.287 e. The number of rotatable bonds is 6. The maximum Gasteiger partial charge on any atom is 0.287 e. The zero-order valence-corrected chi connectivity index (χ0v) is 13.0. The van der Waals surface area contributed by atoms with Gasteiger partial charge in [0.25, 0.3) is 5.91 Å². The summed E-state index contributed by atoms with van der Waals surface area (Å²) in [5.41, 5.74) is 3.53. The molecule has 116 valence electrons. The number of methoxy groups -OCH3 is 1. The zero-order valence-electron chi connectivity index (χ0n) is 12.2. The van der Waals surface area contributed by atoms with Gasteiger partial charge in [0.05, 0.1) is 25.0 Å². The summed E-state index contributed by atoms with van der Waals surface area (Å²) >= 11 is 6.13. The summed E-state index contributed by atoms with van der Waals surface area (Å²) < 4.78 is 10.7. The van der Waals surface area contributed by atoms with Crippen molar-refractivity contribution in [2.75, 3.05) is 13.7 Å². The fourth-order valence-corrected chi connectivity index (χ4v) is 2.12. The van der Waals surface area contributed by atoms with E-state index in [2.05, 4.69) is 15.5 Å². The van der Waals surface area contributed by atoms with Crippen LogP contribution in [0.2, 0.25) is 5.02 Å². The molecule has 2 N–H and O–H groups in total. The lowest BCUT2D eigenvalue weighted by molar-refractivity contribution is 0.0951. The Bertz CT molecular complexity index is 669. The number of hydrogen-bond acceptors (Lipinski definition) is 4. The molecule has 0 saturated carbocycles. The molecule has 0 unspecified atom stereocenters. The zero-order chi connectivity index (χ0) is 15.9. The van der Waals surface area contributed by atoms with Gasteiger partial charge in [-0.15, -0.1) is 0 Å². The summed E-state index contributed by atoms with van der Waals surface area (Å²) in [7, 11) is 1.52. The summed E-state index contributed by atoms with van der Waals surface area (Å²) in [5, 5.41) is 4.30. The van der Waals surface area contributed by atoms with Crippen LogP contribution in [-0.4, -0.2) is 30.8 Å². The Morgan fingerprint density at radius 2 is 2.32 bits per heavy atom. The number of hydrogen-bond donors (Lipinski definition) is 2. The van der Waals surface area contributed by atoms with Crippen molar-refractivity contribution in [1.82, 2.24) is 10.4 Å². The molecule has 2 aromatic rings. The third kappa shape index (κ3) is 3.79. The molecule has 0 bridgehead atoms. The molecule has 0 radical (unpaired) electrons. The van der Waals surface area contributed by atoms with Crippen LogP contribution in [0.15, 0.2) is 35.6 Å². The molecule has 0 aliphatic carbocycles. The number of aromatic nitrogens is 1. The third-order valence-electron chi connectivity index (χ3n) is 2.76. The molecule has 2 rings (SSSR count). The summed E-state index contributed by atoms with van der Waals surface area (Å²) in [6.45, 7) is 2.35. The van der Waals surface area contributed by atoms with Crippen LogP contribution in [0.5, 0.6) is 11.5 Å². The van der Waals surface area contributed by atoms with Crippen molar-refractivity contribution in [3.63, 3.8) is 0 Å². The number of carbonyl (C=O) groups is 1. The third-order valence-corrected chi connectivity index (χ3v) is 3.04. The van der Waals surface area contributed by atoms with Crippen LogP contribution in [0.3, 0.4) is 0 Å². The molecular weight excluding hydrogens is 306 g/mol. The predicted molar refractivity (Wildman–Crippen MR) is 85.0 cm³/mol. The lowest BCUT2D eigenvalue weighted by atomic mass is 10.2. The minimum Gasteiger partial charge on any atom is -0.491 e. The van der Waals surface area contributed by atoms with E-state index in [9.17, 15) is 4.79 Å². The van der Waals surface area contributed by atoms with Gasteiger partial charge in [0, 0.05) is 6.20 Å². The lowest BCUT2D eigenvalue weighted by Crippen LogP contribution is -2.17. The minimum absolute atomic E-state index is 0.328. The van der Waals surface area contributed by atoms with Gasteiger partial charge in [-0.1, -0.05) is 11.6 Å². The maximum atomic E-state index is 11.7. The minimum atomic E-state index is -0.328. The van der Waals surface area contributed by atoms with Gasteiger partial charge in [-0.2, -0.15) is 5.10 Å². The fraction of sp³-hybridized carbons (Fsp3) is 0.200. The number of nitrogens with one attached hydrogen (secondary N) is 2. The van der Waals surface area contributed by atoms with Crippen LogP contribution < -0.4 is 14.9 Å². The highest BCUT2D eigenvalue weighted by Gasteiger charge is 2.10. The SMILES string of the molecule is CCOc1cc(/C=N\NC(=O)c2ccc[nH]2)cc(Cl)c1OC. The number of nitrogens with zero attached hydrogens (tertiary/aromatic N) is 1. The van der Waals surface area contributed by atoms with E-state index in [4.69, 9.17) is 21.1 Å². The van der Waals surface area contributed by atoms with Crippen molar-refractivity contribution in [3.05, 3.63) is 46.7 Å². The van der Waals surface area contributed by atoms with E-state index in [0.717, 1.165) is 0 Å². The first-order valence-electron chi connectivity index (χ1n) is 6.62. The van der Waals surface area contributed by atoms with E-state index in [-0.39, 0.29) is 5.91 Å². The number of aromatic amines is 1. The van der Waals surface area contributed by atoms with E-state index in [1.165, 1.54) is 13.3 Å². The molecule has 0 fully saturated rings. The number of amides is 1. The van der Waals surface area contributed by atoms with Gasteiger partial charge < -0.3 is 14.5 Å². The van der Waals surface area contributed by atoms with Gasteiger partial charge in [0.2, 0.25) is 0 Å². The fourth-order valence-electron chi connectivity index (χ4n) is 1.82. The second-order valence-electron chi connectivity index (χ2n) is 4.25. The first kappa shape index (κ1) is 15.9. The highest BCUT2D eigenvalue weighted by molar-refractivity contribution is 6.32. The molecule has 0 aliphatic heterocycles. The number of benzene rings is 1. The molecule has 0 atom stereocenters. The summed E-state index contributed by atoms with van der Waals surface area (Å²) in [4.78, 5) is 14.5. The number of ether oxygens (including phenoxy) is 2. The molecule has 0 aliphatic rings. The highest BCUT2D eigenvalue weighted by atomic mass is 35.5. The van der Waals surface area contributed by atoms with Crippen LogP contribution in [0, 0.1) is 0 Å². The lowest BCUT2D eigenvalue weighted by Gasteiger charge is -2.11. The van der Waals surface area contributed by atoms with Crippen LogP contribution in [-0.2, 0) is 0 Å². The van der Waals surface area contributed by atoms with E-state index in [1.807, 2.05) is 6.92 Å². The van der Waals surface area contributed by atoms with E-state index < -0.39 is 0 Å². The van der Waals surface area contributed by atoms with Gasteiger partial charge in [-0.05, 0) is 36.8 Å². The number of carbonyl (C=O) groups excluding carboxylic acids is 1. The molecule has 1 aromatic carbocycles. The van der Waals surface area contributed by atoms with Crippen molar-refractivity contribution in [1.29, 1.82) is 0 Å². The summed E-state index contributed by atoms with van der Waals surface area (Å²) in [6, 6.07) is 6.80. The van der Waals surface area contributed by atoms with Crippen LogP contribution >= 0.6 is 11.6 Å². The Hall–Kier alpha value is -2.47. The van der Waals surface area contributed by atoms with Crippen molar-refractivity contribution in [2.24, 2.45) is 5.10 Å². The Kier molecular flexibility index (Phi) is 5.43. The van der Waals surface area contributed by atoms with Crippen molar-refractivity contribution < 1.29 is 14.3 Å². The highest BCUT2D eigenvalue weighted by Crippen LogP contribution is 2.35. The van der Waals surface area contributed by atoms with Gasteiger partial charge in [0.15, 0.2) is 11.5 Å². The first-order valence-corrected chi connectivity index (χ1v) is 7.00. The molecule has 1 heterocycles. The normalized spacial score (nSPS) is 10.7. The van der Waals surface area contributed by atoms with Crippen molar-refractivity contribution >= 4 is 23.7 Å². The van der Waals surface area contributed by atoms with Crippen molar-refractivity contribution in [2.45, 2.75) is 6.92 Å². The molecule has 7 heteroatoms. The molecule has 0 spiro atoms. The first-order chi connectivity index (χ1) is 10.7. The second kappa shape index (κ2) is 7.51. The molecule has 0 saturated heterocycles. The topological polar surface area (TPSA) is 75.7 Å². The maximum absolute atomic E-state index is 11.7. The van der Waals surface area contributed by atoms with Crippen LogP contribution in [0.1, 0.15) is 23.0 Å². The van der Waals surface area contributed by atoms with E-state index in [0.29, 0.717) is 34.4 Å². The van der Waals surface area contributed by atoms with Crippen LogP contribution in [0.25, 0.3) is 0 Å².